The lowest BCUT2D eigenvalue weighted by Gasteiger charge is -2.20. The molecule has 2 aromatic carbocycles. The molecule has 1 heterocycles. The van der Waals surface area contributed by atoms with Crippen molar-refractivity contribution in [3.05, 3.63) is 47.0 Å². The van der Waals surface area contributed by atoms with Crippen molar-refractivity contribution in [3.63, 3.8) is 0 Å². The normalized spacial score (nSPS) is 14.7. The standard InChI is InChI=1S/C25H26N2O7/c1-7-18-13(2)26-27-25(20-12-22(31-6)24(11-19(18)20)34-16(5)30)17-8-9-21(32-14(3)28)23(10-17)33-15(4)29/h8-12,18H,7H2,1-6H3. The molecule has 3 rings (SSSR count). The number of carbonyl (C=O) groups excluding carboxylic acids is 3. The summed E-state index contributed by atoms with van der Waals surface area (Å²) in [6.07, 6.45) is 0.737. The van der Waals surface area contributed by atoms with Gasteiger partial charge in [0.2, 0.25) is 0 Å². The molecule has 34 heavy (non-hydrogen) atoms. The molecule has 0 bridgehead atoms. The molecule has 9 nitrogen and oxygen atoms in total. The van der Waals surface area contributed by atoms with Gasteiger partial charge in [0.25, 0.3) is 0 Å². The predicted octanol–water partition coefficient (Wildman–Crippen LogP) is 4.19. The van der Waals surface area contributed by atoms with E-state index in [2.05, 4.69) is 10.2 Å². The Morgan fingerprint density at radius 2 is 1.41 bits per heavy atom. The van der Waals surface area contributed by atoms with E-state index in [0.29, 0.717) is 28.3 Å². The first-order chi connectivity index (χ1) is 16.1. The summed E-state index contributed by atoms with van der Waals surface area (Å²) in [5.74, 6) is -0.830. The Kier molecular flexibility index (Phi) is 7.45. The van der Waals surface area contributed by atoms with Crippen molar-refractivity contribution in [1.82, 2.24) is 0 Å². The highest BCUT2D eigenvalue weighted by Gasteiger charge is 2.27. The molecule has 2 aromatic rings. The smallest absolute Gasteiger partial charge is 0.308 e. The minimum atomic E-state index is -0.568. The molecule has 1 unspecified atom stereocenters. The molecular formula is C25H26N2O7. The molecule has 0 saturated heterocycles. The fourth-order valence-electron chi connectivity index (χ4n) is 3.80. The zero-order valence-corrected chi connectivity index (χ0v) is 19.9. The fraction of sp³-hybridized carbons (Fsp3) is 0.320. The van der Waals surface area contributed by atoms with Crippen LogP contribution in [-0.2, 0) is 14.4 Å². The summed E-state index contributed by atoms with van der Waals surface area (Å²) >= 11 is 0. The number of esters is 3. The monoisotopic (exact) mass is 466 g/mol. The number of carbonyl (C=O) groups is 3. The Labute approximate surface area is 197 Å². The van der Waals surface area contributed by atoms with Crippen molar-refractivity contribution in [1.29, 1.82) is 0 Å². The number of hydrogen-bond donors (Lipinski definition) is 0. The Morgan fingerprint density at radius 3 is 1.97 bits per heavy atom. The second kappa shape index (κ2) is 10.3. The number of nitrogens with zero attached hydrogens (tertiary/aromatic N) is 2. The number of rotatable bonds is 6. The van der Waals surface area contributed by atoms with Crippen LogP contribution in [0.3, 0.4) is 0 Å². The lowest BCUT2D eigenvalue weighted by molar-refractivity contribution is -0.134. The highest BCUT2D eigenvalue weighted by molar-refractivity contribution is 6.16. The van der Waals surface area contributed by atoms with Crippen LogP contribution >= 0.6 is 0 Å². The van der Waals surface area contributed by atoms with Crippen LogP contribution in [0, 0.1) is 0 Å². The van der Waals surface area contributed by atoms with Crippen molar-refractivity contribution in [2.24, 2.45) is 10.2 Å². The van der Waals surface area contributed by atoms with Crippen molar-refractivity contribution in [2.45, 2.75) is 47.0 Å². The first-order valence-corrected chi connectivity index (χ1v) is 10.7. The first-order valence-electron chi connectivity index (χ1n) is 10.7. The van der Waals surface area contributed by atoms with Crippen LogP contribution < -0.4 is 18.9 Å². The quantitative estimate of drug-likeness (QED) is 0.463. The van der Waals surface area contributed by atoms with E-state index in [-0.39, 0.29) is 17.4 Å². The third-order valence-corrected chi connectivity index (χ3v) is 5.16. The Morgan fingerprint density at radius 1 is 0.824 bits per heavy atom. The van der Waals surface area contributed by atoms with E-state index in [9.17, 15) is 14.4 Å². The molecule has 0 fully saturated rings. The van der Waals surface area contributed by atoms with Gasteiger partial charge in [-0.3, -0.25) is 14.4 Å². The van der Waals surface area contributed by atoms with E-state index in [0.717, 1.165) is 17.7 Å². The number of fused-ring (bicyclic) bond motifs is 1. The van der Waals surface area contributed by atoms with Gasteiger partial charge >= 0.3 is 17.9 Å². The van der Waals surface area contributed by atoms with E-state index < -0.39 is 17.9 Å². The molecule has 0 amide bonds. The summed E-state index contributed by atoms with van der Waals surface area (Å²) in [7, 11) is 1.48. The topological polar surface area (TPSA) is 113 Å². The summed E-state index contributed by atoms with van der Waals surface area (Å²) in [6, 6.07) is 8.29. The molecule has 178 valence electrons. The molecular weight excluding hydrogens is 440 g/mol. The van der Waals surface area contributed by atoms with E-state index in [1.165, 1.54) is 33.9 Å². The molecule has 9 heteroatoms. The highest BCUT2D eigenvalue weighted by Crippen LogP contribution is 2.39. The average Bonchev–Trinajstić information content (AvgIpc) is 2.88. The molecule has 1 aliphatic rings. The molecule has 0 saturated carbocycles. The van der Waals surface area contributed by atoms with E-state index >= 15 is 0 Å². The first kappa shape index (κ1) is 24.6. The Balaban J connectivity index is 2.24. The maximum Gasteiger partial charge on any atom is 0.308 e. The van der Waals surface area contributed by atoms with Gasteiger partial charge in [0.1, 0.15) is 5.71 Å². The van der Waals surface area contributed by atoms with Crippen molar-refractivity contribution in [3.8, 4) is 23.0 Å². The average molecular weight is 466 g/mol. The molecule has 0 aliphatic carbocycles. The van der Waals surface area contributed by atoms with Gasteiger partial charge in [0.15, 0.2) is 23.0 Å². The number of ether oxygens (including phenoxy) is 4. The van der Waals surface area contributed by atoms with Crippen LogP contribution in [0.25, 0.3) is 0 Å². The predicted molar refractivity (Wildman–Crippen MR) is 125 cm³/mol. The lowest BCUT2D eigenvalue weighted by Crippen LogP contribution is -2.14. The van der Waals surface area contributed by atoms with Gasteiger partial charge in [0, 0.05) is 43.5 Å². The number of benzene rings is 2. The van der Waals surface area contributed by atoms with Crippen molar-refractivity contribution >= 4 is 29.3 Å². The Bertz CT molecular complexity index is 1210. The van der Waals surface area contributed by atoms with E-state index in [4.69, 9.17) is 18.9 Å². The molecule has 0 radical (unpaired) electrons. The van der Waals surface area contributed by atoms with Crippen molar-refractivity contribution < 1.29 is 33.3 Å². The largest absolute Gasteiger partial charge is 0.493 e. The summed E-state index contributed by atoms with van der Waals surface area (Å²) in [5, 5.41) is 8.90. The maximum absolute atomic E-state index is 11.7. The van der Waals surface area contributed by atoms with Gasteiger partial charge in [-0.1, -0.05) is 6.92 Å². The zero-order valence-electron chi connectivity index (χ0n) is 19.9. The van der Waals surface area contributed by atoms with Crippen molar-refractivity contribution in [2.75, 3.05) is 7.11 Å². The van der Waals surface area contributed by atoms with E-state index in [1.54, 1.807) is 24.3 Å². The fourth-order valence-corrected chi connectivity index (χ4v) is 3.80. The Hall–Kier alpha value is -4.01. The summed E-state index contributed by atoms with van der Waals surface area (Å²) in [5.41, 5.74) is 3.42. The second-order valence-electron chi connectivity index (χ2n) is 7.68. The number of hydrogen-bond acceptors (Lipinski definition) is 9. The van der Waals surface area contributed by atoms with Gasteiger partial charge in [-0.2, -0.15) is 5.10 Å². The third kappa shape index (κ3) is 5.31. The van der Waals surface area contributed by atoms with Gasteiger partial charge in [0.05, 0.1) is 7.11 Å². The zero-order chi connectivity index (χ0) is 25.0. The number of methoxy groups -OCH3 is 1. The molecule has 0 aromatic heterocycles. The van der Waals surface area contributed by atoms with Crippen LogP contribution in [0.15, 0.2) is 40.5 Å². The summed E-state index contributed by atoms with van der Waals surface area (Å²) in [4.78, 5) is 34.8. The van der Waals surface area contributed by atoms with Gasteiger partial charge in [-0.05, 0) is 49.2 Å². The minimum Gasteiger partial charge on any atom is -0.493 e. The highest BCUT2D eigenvalue weighted by atomic mass is 16.6. The van der Waals surface area contributed by atoms with Crippen LogP contribution in [0.4, 0.5) is 0 Å². The molecule has 0 spiro atoms. The molecule has 0 N–H and O–H groups in total. The van der Waals surface area contributed by atoms with Gasteiger partial charge in [-0.25, -0.2) is 0 Å². The van der Waals surface area contributed by atoms with Crippen LogP contribution in [0.2, 0.25) is 0 Å². The third-order valence-electron chi connectivity index (χ3n) is 5.16. The van der Waals surface area contributed by atoms with Crippen LogP contribution in [-0.4, -0.2) is 36.4 Å². The summed E-state index contributed by atoms with van der Waals surface area (Å²) < 4.78 is 21.3. The van der Waals surface area contributed by atoms with Gasteiger partial charge < -0.3 is 18.9 Å². The van der Waals surface area contributed by atoms with E-state index in [1.807, 2.05) is 13.8 Å². The van der Waals surface area contributed by atoms with Gasteiger partial charge in [-0.15, -0.1) is 5.10 Å². The summed E-state index contributed by atoms with van der Waals surface area (Å²) in [6.45, 7) is 7.74. The maximum atomic E-state index is 11.7. The SMILES string of the molecule is CCC1C(C)=NN=C(c2ccc(OC(C)=O)c(OC(C)=O)c2)c2cc(OC)c(OC(C)=O)cc21. The van der Waals surface area contributed by atoms with Crippen LogP contribution in [0.1, 0.15) is 63.6 Å². The second-order valence-corrected chi connectivity index (χ2v) is 7.68. The molecule has 1 atom stereocenters. The lowest BCUT2D eigenvalue weighted by atomic mass is 9.85. The molecule has 1 aliphatic heterocycles. The minimum absolute atomic E-state index is 0.0740. The van der Waals surface area contributed by atoms with Crippen LogP contribution in [0.5, 0.6) is 23.0 Å².